The van der Waals surface area contributed by atoms with Crippen molar-refractivity contribution in [2.24, 2.45) is 0 Å². The number of rotatable bonds is 3. The minimum absolute atomic E-state index is 0.00199. The zero-order chi connectivity index (χ0) is 17.8. The van der Waals surface area contributed by atoms with Crippen LogP contribution in [0.5, 0.6) is 0 Å². The van der Waals surface area contributed by atoms with Crippen molar-refractivity contribution in [1.29, 1.82) is 0 Å². The first-order valence-electron chi connectivity index (χ1n) is 8.50. The average Bonchev–Trinajstić information content (AvgIpc) is 3.05. The fourth-order valence-corrected chi connectivity index (χ4v) is 3.25. The van der Waals surface area contributed by atoms with Crippen LogP contribution in [0.2, 0.25) is 0 Å². The molecular formula is C17H21N3O5. The number of benzene rings is 1. The first kappa shape index (κ1) is 17.3. The van der Waals surface area contributed by atoms with Crippen LogP contribution in [-0.2, 0) is 9.53 Å². The van der Waals surface area contributed by atoms with Crippen molar-refractivity contribution in [1.82, 2.24) is 9.80 Å². The number of non-ortho nitro benzene ring substituents is 1. The summed E-state index contributed by atoms with van der Waals surface area (Å²) in [6, 6.07) is 5.75. The molecule has 2 amide bonds. The van der Waals surface area contributed by atoms with Gasteiger partial charge in [0, 0.05) is 50.5 Å². The molecule has 0 radical (unpaired) electrons. The molecule has 0 aromatic heterocycles. The smallest absolute Gasteiger partial charge is 0.270 e. The summed E-state index contributed by atoms with van der Waals surface area (Å²) in [5, 5.41) is 10.9. The standard InChI is InChI=1S/C17H21N3O5/c21-16(13-4-1-5-14(12-13)20(23)24)18-7-3-8-19(10-9-18)17(22)15-6-2-11-25-15/h1,4-5,12,15H,2-3,6-11H2/t15-/m1/s1. The van der Waals surface area contributed by atoms with Crippen molar-refractivity contribution in [3.8, 4) is 0 Å². The fraction of sp³-hybridized carbons (Fsp3) is 0.529. The lowest BCUT2D eigenvalue weighted by Crippen LogP contribution is -2.41. The van der Waals surface area contributed by atoms with Gasteiger partial charge in [0.05, 0.1) is 4.92 Å². The van der Waals surface area contributed by atoms with E-state index in [-0.39, 0.29) is 23.6 Å². The maximum atomic E-state index is 12.6. The Morgan fingerprint density at radius 2 is 1.88 bits per heavy atom. The zero-order valence-corrected chi connectivity index (χ0v) is 13.9. The Bertz CT molecular complexity index is 672. The Morgan fingerprint density at radius 3 is 2.60 bits per heavy atom. The number of carbonyl (C=O) groups is 2. The van der Waals surface area contributed by atoms with Gasteiger partial charge < -0.3 is 14.5 Å². The van der Waals surface area contributed by atoms with Gasteiger partial charge in [0.15, 0.2) is 0 Å². The van der Waals surface area contributed by atoms with E-state index >= 15 is 0 Å². The van der Waals surface area contributed by atoms with Gasteiger partial charge in [0.2, 0.25) is 0 Å². The Kier molecular flexibility index (Phi) is 5.28. The molecule has 1 aromatic rings. The van der Waals surface area contributed by atoms with E-state index in [4.69, 9.17) is 4.74 Å². The molecule has 1 aromatic carbocycles. The van der Waals surface area contributed by atoms with Gasteiger partial charge in [-0.2, -0.15) is 0 Å². The molecule has 3 rings (SSSR count). The molecule has 2 aliphatic rings. The van der Waals surface area contributed by atoms with Gasteiger partial charge in [-0.3, -0.25) is 19.7 Å². The van der Waals surface area contributed by atoms with Crippen molar-refractivity contribution in [3.63, 3.8) is 0 Å². The lowest BCUT2D eigenvalue weighted by Gasteiger charge is -2.24. The summed E-state index contributed by atoms with van der Waals surface area (Å²) < 4.78 is 5.45. The van der Waals surface area contributed by atoms with E-state index in [0.29, 0.717) is 44.8 Å². The molecule has 8 nitrogen and oxygen atoms in total. The number of ether oxygens (including phenoxy) is 1. The van der Waals surface area contributed by atoms with Gasteiger partial charge in [-0.15, -0.1) is 0 Å². The molecule has 0 spiro atoms. The molecule has 0 bridgehead atoms. The molecule has 0 unspecified atom stereocenters. The van der Waals surface area contributed by atoms with Gasteiger partial charge in [-0.05, 0) is 25.3 Å². The van der Waals surface area contributed by atoms with Crippen LogP contribution in [0.1, 0.15) is 29.6 Å². The average molecular weight is 347 g/mol. The molecule has 1 atom stereocenters. The van der Waals surface area contributed by atoms with E-state index in [1.165, 1.54) is 18.2 Å². The minimum Gasteiger partial charge on any atom is -0.368 e. The third-order valence-corrected chi connectivity index (χ3v) is 4.60. The quantitative estimate of drug-likeness (QED) is 0.609. The van der Waals surface area contributed by atoms with Gasteiger partial charge in [-0.25, -0.2) is 0 Å². The normalized spacial score (nSPS) is 21.0. The van der Waals surface area contributed by atoms with Crippen LogP contribution in [0.4, 0.5) is 5.69 Å². The molecular weight excluding hydrogens is 326 g/mol. The Labute approximate surface area is 145 Å². The van der Waals surface area contributed by atoms with Crippen LogP contribution >= 0.6 is 0 Å². The van der Waals surface area contributed by atoms with Crippen molar-refractivity contribution in [2.75, 3.05) is 32.8 Å². The number of nitro benzene ring substituents is 1. The van der Waals surface area contributed by atoms with Crippen LogP contribution in [0.25, 0.3) is 0 Å². The number of amides is 2. The van der Waals surface area contributed by atoms with Crippen molar-refractivity contribution >= 4 is 17.5 Å². The zero-order valence-electron chi connectivity index (χ0n) is 13.9. The van der Waals surface area contributed by atoms with Crippen molar-refractivity contribution in [3.05, 3.63) is 39.9 Å². The summed E-state index contributed by atoms with van der Waals surface area (Å²) in [7, 11) is 0. The molecule has 134 valence electrons. The van der Waals surface area contributed by atoms with Gasteiger partial charge >= 0.3 is 0 Å². The summed E-state index contributed by atoms with van der Waals surface area (Å²) in [6.45, 7) is 2.62. The number of nitro groups is 1. The Balaban J connectivity index is 1.64. The number of hydrogen-bond acceptors (Lipinski definition) is 5. The summed E-state index contributed by atoms with van der Waals surface area (Å²) in [6.07, 6.45) is 1.99. The Hall–Kier alpha value is -2.48. The maximum absolute atomic E-state index is 12.6. The maximum Gasteiger partial charge on any atom is 0.270 e. The molecule has 8 heteroatoms. The predicted octanol–water partition coefficient (Wildman–Crippen LogP) is 1.45. The first-order chi connectivity index (χ1) is 12.1. The largest absolute Gasteiger partial charge is 0.368 e. The lowest BCUT2D eigenvalue weighted by atomic mass is 10.1. The third-order valence-electron chi connectivity index (χ3n) is 4.60. The van der Waals surface area contributed by atoms with E-state index in [2.05, 4.69) is 0 Å². The van der Waals surface area contributed by atoms with Crippen LogP contribution < -0.4 is 0 Å². The highest BCUT2D eigenvalue weighted by molar-refractivity contribution is 5.95. The topological polar surface area (TPSA) is 93.0 Å². The highest BCUT2D eigenvalue weighted by atomic mass is 16.6. The summed E-state index contributed by atoms with van der Waals surface area (Å²) in [5.74, 6) is -0.239. The number of hydrogen-bond donors (Lipinski definition) is 0. The van der Waals surface area contributed by atoms with E-state index in [1.54, 1.807) is 15.9 Å². The highest BCUT2D eigenvalue weighted by Crippen LogP contribution is 2.18. The SMILES string of the molecule is O=C(c1cccc([N+](=O)[O-])c1)N1CCCN(C(=O)[C@H]2CCCO2)CC1. The fourth-order valence-electron chi connectivity index (χ4n) is 3.25. The van der Waals surface area contributed by atoms with E-state index in [1.807, 2.05) is 0 Å². The third kappa shape index (κ3) is 3.96. The molecule has 2 aliphatic heterocycles. The van der Waals surface area contributed by atoms with Crippen LogP contribution in [0.3, 0.4) is 0 Å². The monoisotopic (exact) mass is 347 g/mol. The molecule has 25 heavy (non-hydrogen) atoms. The molecule has 0 N–H and O–H groups in total. The highest BCUT2D eigenvalue weighted by Gasteiger charge is 2.30. The lowest BCUT2D eigenvalue weighted by molar-refractivity contribution is -0.384. The molecule has 0 aliphatic carbocycles. The molecule has 2 saturated heterocycles. The van der Waals surface area contributed by atoms with Crippen molar-refractivity contribution in [2.45, 2.75) is 25.4 Å². The van der Waals surface area contributed by atoms with Crippen LogP contribution in [-0.4, -0.2) is 65.4 Å². The first-order valence-corrected chi connectivity index (χ1v) is 8.50. The second kappa shape index (κ2) is 7.60. The second-order valence-electron chi connectivity index (χ2n) is 6.28. The Morgan fingerprint density at radius 1 is 1.12 bits per heavy atom. The van der Waals surface area contributed by atoms with Crippen LogP contribution in [0, 0.1) is 10.1 Å². The molecule has 2 fully saturated rings. The van der Waals surface area contributed by atoms with E-state index < -0.39 is 4.92 Å². The van der Waals surface area contributed by atoms with Gasteiger partial charge in [0.25, 0.3) is 17.5 Å². The molecule has 0 saturated carbocycles. The second-order valence-corrected chi connectivity index (χ2v) is 6.28. The van der Waals surface area contributed by atoms with E-state index in [0.717, 1.165) is 12.8 Å². The van der Waals surface area contributed by atoms with Gasteiger partial charge in [0.1, 0.15) is 6.10 Å². The number of carbonyl (C=O) groups excluding carboxylic acids is 2. The van der Waals surface area contributed by atoms with E-state index in [9.17, 15) is 19.7 Å². The van der Waals surface area contributed by atoms with Crippen LogP contribution in [0.15, 0.2) is 24.3 Å². The summed E-state index contributed by atoms with van der Waals surface area (Å²) in [5.41, 5.74) is 0.198. The number of nitrogens with zero attached hydrogens (tertiary/aromatic N) is 3. The minimum atomic E-state index is -0.513. The molecule has 2 heterocycles. The summed E-state index contributed by atoms with van der Waals surface area (Å²) in [4.78, 5) is 38.9. The predicted molar refractivity (Wildman–Crippen MR) is 89.2 cm³/mol. The van der Waals surface area contributed by atoms with Gasteiger partial charge in [-0.1, -0.05) is 6.07 Å². The summed E-state index contributed by atoms with van der Waals surface area (Å²) >= 11 is 0. The van der Waals surface area contributed by atoms with Crippen molar-refractivity contribution < 1.29 is 19.2 Å².